The fourth-order valence-electron chi connectivity index (χ4n) is 4.49. The van der Waals surface area contributed by atoms with E-state index >= 15 is 0 Å². The lowest BCUT2D eigenvalue weighted by molar-refractivity contribution is -0.0330. The summed E-state index contributed by atoms with van der Waals surface area (Å²) in [5, 5.41) is 0. The van der Waals surface area contributed by atoms with Crippen LogP contribution >= 0.6 is 0 Å². The van der Waals surface area contributed by atoms with Crippen molar-refractivity contribution in [1.82, 2.24) is 9.80 Å². The summed E-state index contributed by atoms with van der Waals surface area (Å²) in [6.45, 7) is 6.35. The molecule has 0 spiro atoms. The van der Waals surface area contributed by atoms with Crippen molar-refractivity contribution in [2.24, 2.45) is 11.7 Å². The maximum absolute atomic E-state index is 6.19. The highest BCUT2D eigenvalue weighted by molar-refractivity contribution is 5.05. The zero-order chi connectivity index (χ0) is 14.0. The summed E-state index contributed by atoms with van der Waals surface area (Å²) in [4.78, 5) is 5.38. The molecule has 2 saturated carbocycles. The van der Waals surface area contributed by atoms with Gasteiger partial charge in [-0.2, -0.15) is 0 Å². The molecule has 0 aromatic rings. The van der Waals surface area contributed by atoms with Crippen molar-refractivity contribution in [3.05, 3.63) is 0 Å². The minimum atomic E-state index is 0.122. The Labute approximate surface area is 123 Å². The molecular weight excluding hydrogens is 250 g/mol. The fourth-order valence-corrected chi connectivity index (χ4v) is 4.49. The van der Waals surface area contributed by atoms with Crippen LogP contribution in [0.4, 0.5) is 0 Å². The average molecular weight is 281 g/mol. The first kappa shape index (κ1) is 14.8. The Morgan fingerprint density at radius 3 is 2.20 bits per heavy atom. The quantitative estimate of drug-likeness (QED) is 0.797. The van der Waals surface area contributed by atoms with Gasteiger partial charge >= 0.3 is 0 Å². The SMILES string of the molecule is COCC(CN)(C1CC1)N1CCN(C2CCCC2)CC1. The van der Waals surface area contributed by atoms with Gasteiger partial charge in [-0.1, -0.05) is 12.8 Å². The van der Waals surface area contributed by atoms with E-state index in [1.165, 1.54) is 64.7 Å². The molecule has 2 N–H and O–H groups in total. The third-order valence-corrected chi connectivity index (χ3v) is 5.87. The third kappa shape index (κ3) is 2.76. The topological polar surface area (TPSA) is 41.7 Å². The smallest absolute Gasteiger partial charge is 0.0661 e. The molecule has 0 radical (unpaired) electrons. The molecule has 4 nitrogen and oxygen atoms in total. The summed E-state index contributed by atoms with van der Waals surface area (Å²) in [5.41, 5.74) is 6.31. The zero-order valence-corrected chi connectivity index (χ0v) is 13.0. The van der Waals surface area contributed by atoms with E-state index in [1.54, 1.807) is 0 Å². The Bertz CT molecular complexity index is 307. The molecule has 20 heavy (non-hydrogen) atoms. The molecule has 1 saturated heterocycles. The van der Waals surface area contributed by atoms with E-state index < -0.39 is 0 Å². The largest absolute Gasteiger partial charge is 0.383 e. The number of nitrogens with two attached hydrogens (primary N) is 1. The molecule has 116 valence electrons. The van der Waals surface area contributed by atoms with E-state index in [1.807, 2.05) is 7.11 Å². The monoisotopic (exact) mass is 281 g/mol. The molecule has 0 aromatic heterocycles. The van der Waals surface area contributed by atoms with Gasteiger partial charge in [-0.15, -0.1) is 0 Å². The van der Waals surface area contributed by atoms with E-state index in [0.717, 1.165) is 25.1 Å². The highest BCUT2D eigenvalue weighted by Crippen LogP contribution is 2.43. The fraction of sp³-hybridized carbons (Fsp3) is 1.00. The average Bonchev–Trinajstić information content (AvgIpc) is 3.20. The third-order valence-electron chi connectivity index (χ3n) is 5.87. The predicted octanol–water partition coefficient (Wildman–Crippen LogP) is 1.30. The van der Waals surface area contributed by atoms with Crippen molar-refractivity contribution in [2.75, 3.05) is 46.4 Å². The maximum Gasteiger partial charge on any atom is 0.0661 e. The van der Waals surface area contributed by atoms with Crippen LogP contribution in [-0.2, 0) is 4.74 Å². The number of rotatable bonds is 6. The summed E-state index contributed by atoms with van der Waals surface area (Å²) in [5.74, 6) is 0.769. The van der Waals surface area contributed by atoms with Crippen LogP contribution in [0.25, 0.3) is 0 Å². The van der Waals surface area contributed by atoms with Crippen LogP contribution in [0.1, 0.15) is 38.5 Å². The summed E-state index contributed by atoms with van der Waals surface area (Å²) in [6, 6.07) is 0.868. The van der Waals surface area contributed by atoms with Crippen LogP contribution < -0.4 is 5.73 Å². The van der Waals surface area contributed by atoms with Crippen molar-refractivity contribution in [3.8, 4) is 0 Å². The molecule has 3 rings (SSSR count). The van der Waals surface area contributed by atoms with Crippen LogP contribution in [-0.4, -0.2) is 67.8 Å². The standard InChI is InChI=1S/C16H31N3O/c1-20-13-16(12-17,14-6-7-14)19-10-8-18(9-11-19)15-4-2-3-5-15/h14-15H,2-13,17H2,1H3. The van der Waals surface area contributed by atoms with Gasteiger partial charge in [-0.25, -0.2) is 0 Å². The lowest BCUT2D eigenvalue weighted by Crippen LogP contribution is -2.64. The van der Waals surface area contributed by atoms with E-state index in [2.05, 4.69) is 9.80 Å². The highest BCUT2D eigenvalue weighted by atomic mass is 16.5. The molecule has 3 aliphatic rings. The highest BCUT2D eigenvalue weighted by Gasteiger charge is 2.49. The molecule has 0 amide bonds. The summed E-state index contributed by atoms with van der Waals surface area (Å²) < 4.78 is 5.54. The lowest BCUT2D eigenvalue weighted by atomic mass is 9.90. The predicted molar refractivity (Wildman–Crippen MR) is 81.8 cm³/mol. The van der Waals surface area contributed by atoms with E-state index in [0.29, 0.717) is 0 Å². The number of hydrogen-bond acceptors (Lipinski definition) is 4. The van der Waals surface area contributed by atoms with Crippen LogP contribution in [0.15, 0.2) is 0 Å². The maximum atomic E-state index is 6.19. The first-order valence-corrected chi connectivity index (χ1v) is 8.48. The number of nitrogens with zero attached hydrogens (tertiary/aromatic N) is 2. The number of methoxy groups -OCH3 is 1. The normalized spacial score (nSPS) is 29.7. The second-order valence-electron chi connectivity index (χ2n) is 6.98. The lowest BCUT2D eigenvalue weighted by Gasteiger charge is -2.48. The molecule has 1 atom stereocenters. The number of piperazine rings is 1. The van der Waals surface area contributed by atoms with Crippen LogP contribution in [0.5, 0.6) is 0 Å². The second-order valence-corrected chi connectivity index (χ2v) is 6.98. The first-order chi connectivity index (χ1) is 9.80. The van der Waals surface area contributed by atoms with Crippen LogP contribution in [0.3, 0.4) is 0 Å². The van der Waals surface area contributed by atoms with Gasteiger partial charge in [0.2, 0.25) is 0 Å². The molecule has 2 aliphatic carbocycles. The molecule has 1 aliphatic heterocycles. The first-order valence-electron chi connectivity index (χ1n) is 8.48. The summed E-state index contributed by atoms with van der Waals surface area (Å²) in [6.07, 6.45) is 8.38. The summed E-state index contributed by atoms with van der Waals surface area (Å²) >= 11 is 0. The second kappa shape index (κ2) is 6.30. The summed E-state index contributed by atoms with van der Waals surface area (Å²) in [7, 11) is 1.82. The van der Waals surface area contributed by atoms with Crippen LogP contribution in [0.2, 0.25) is 0 Å². The molecule has 4 heteroatoms. The van der Waals surface area contributed by atoms with Gasteiger partial charge in [0.15, 0.2) is 0 Å². The van der Waals surface area contributed by atoms with Gasteiger partial charge in [0.25, 0.3) is 0 Å². The van der Waals surface area contributed by atoms with Crippen molar-refractivity contribution >= 4 is 0 Å². The molecular formula is C16H31N3O. The van der Waals surface area contributed by atoms with Crippen molar-refractivity contribution in [1.29, 1.82) is 0 Å². The molecule has 0 aromatic carbocycles. The Balaban J connectivity index is 1.60. The van der Waals surface area contributed by atoms with Gasteiger partial charge < -0.3 is 10.5 Å². The molecule has 0 bridgehead atoms. The van der Waals surface area contributed by atoms with E-state index in [-0.39, 0.29) is 5.54 Å². The zero-order valence-electron chi connectivity index (χ0n) is 13.0. The van der Waals surface area contributed by atoms with Crippen molar-refractivity contribution < 1.29 is 4.74 Å². The van der Waals surface area contributed by atoms with E-state index in [9.17, 15) is 0 Å². The van der Waals surface area contributed by atoms with Gasteiger partial charge in [-0.3, -0.25) is 9.80 Å². The Hall–Kier alpha value is -0.160. The number of ether oxygens (including phenoxy) is 1. The van der Waals surface area contributed by atoms with Crippen molar-refractivity contribution in [2.45, 2.75) is 50.1 Å². The minimum absolute atomic E-state index is 0.122. The Morgan fingerprint density at radius 1 is 1.05 bits per heavy atom. The Morgan fingerprint density at radius 2 is 1.70 bits per heavy atom. The van der Waals surface area contributed by atoms with Crippen LogP contribution in [0, 0.1) is 5.92 Å². The van der Waals surface area contributed by atoms with Gasteiger partial charge in [-0.05, 0) is 31.6 Å². The molecule has 1 unspecified atom stereocenters. The number of hydrogen-bond donors (Lipinski definition) is 1. The minimum Gasteiger partial charge on any atom is -0.383 e. The van der Waals surface area contributed by atoms with E-state index in [4.69, 9.17) is 10.5 Å². The molecule has 1 heterocycles. The van der Waals surface area contributed by atoms with Gasteiger partial charge in [0, 0.05) is 45.9 Å². The Kier molecular flexibility index (Phi) is 4.65. The molecule has 3 fully saturated rings. The van der Waals surface area contributed by atoms with Gasteiger partial charge in [0.05, 0.1) is 12.1 Å². The van der Waals surface area contributed by atoms with Crippen molar-refractivity contribution in [3.63, 3.8) is 0 Å². The van der Waals surface area contributed by atoms with Gasteiger partial charge in [0.1, 0.15) is 0 Å².